The molecule has 2 bridgehead atoms. The van der Waals surface area contributed by atoms with Crippen LogP contribution in [0, 0.1) is 0 Å². The van der Waals surface area contributed by atoms with E-state index in [2.05, 4.69) is 133 Å². The lowest BCUT2D eigenvalue weighted by atomic mass is 10.0. The van der Waals surface area contributed by atoms with Crippen LogP contribution in [0.1, 0.15) is 30.4 Å². The van der Waals surface area contributed by atoms with Crippen molar-refractivity contribution in [2.45, 2.75) is 44.3 Å². The molecule has 0 aromatic heterocycles. The van der Waals surface area contributed by atoms with Gasteiger partial charge in [0, 0.05) is 23.5 Å². The van der Waals surface area contributed by atoms with E-state index < -0.39 is 15.8 Å². The van der Waals surface area contributed by atoms with Crippen LogP contribution in [0.4, 0.5) is 0 Å². The topological polar surface area (TPSA) is 55.4 Å². The van der Waals surface area contributed by atoms with E-state index in [0.29, 0.717) is 0 Å². The van der Waals surface area contributed by atoms with E-state index in [1.807, 2.05) is 0 Å². The summed E-state index contributed by atoms with van der Waals surface area (Å²) in [6.45, 7) is 0. The summed E-state index contributed by atoms with van der Waals surface area (Å²) >= 11 is 0. The minimum absolute atomic E-state index is 0.0221. The maximum Gasteiger partial charge on any atom is 0.131 e. The second-order valence-electron chi connectivity index (χ2n) is 13.8. The van der Waals surface area contributed by atoms with Gasteiger partial charge in [-0.3, -0.25) is 0 Å². The Morgan fingerprint density at radius 3 is 1.02 bits per heavy atom. The second-order valence-corrected chi connectivity index (χ2v) is 18.2. The summed E-state index contributed by atoms with van der Waals surface area (Å²) in [5.41, 5.74) is 2.38. The molecule has 0 aliphatic carbocycles. The van der Waals surface area contributed by atoms with Crippen molar-refractivity contribution in [2.24, 2.45) is 0 Å². The molecule has 2 aliphatic heterocycles. The summed E-state index contributed by atoms with van der Waals surface area (Å²) in [4.78, 5) is 0. The maximum absolute atomic E-state index is 7.35. The standard InChI is InChI=1S/C47H46O6P2/c1-48-34-14-22-40(23-15-34)54(41-24-16-35(49-2)17-25-41)44-12-5-8-32-30-39-11-7-10-38(52-46(32)44)31-33-9-6-13-45(47(33)53-39)55(42-26-18-36(50-3)19-27-42)43-28-20-37(51-4)21-29-43/h5-6,8-9,12-29,38-39H,7,10-11,30-31H2,1-4H3/t38-,39-/m1/s1. The van der Waals surface area contributed by atoms with Crippen molar-refractivity contribution >= 4 is 47.7 Å². The zero-order valence-electron chi connectivity index (χ0n) is 31.7. The Balaban J connectivity index is 1.22. The van der Waals surface area contributed by atoms with Gasteiger partial charge in [-0.2, -0.15) is 0 Å². The average Bonchev–Trinajstić information content (AvgIpc) is 3.38. The molecule has 0 spiro atoms. The van der Waals surface area contributed by atoms with E-state index in [4.69, 9.17) is 28.4 Å². The summed E-state index contributed by atoms with van der Waals surface area (Å²) in [7, 11) is 4.90. The Labute approximate surface area is 326 Å². The van der Waals surface area contributed by atoms with E-state index in [-0.39, 0.29) is 12.2 Å². The molecule has 0 fully saturated rings. The third-order valence-corrected chi connectivity index (χ3v) is 15.4. The maximum atomic E-state index is 7.35. The molecule has 0 N–H and O–H groups in total. The Hall–Kier alpha value is -5.02. The third kappa shape index (κ3) is 7.90. The molecule has 6 nitrogen and oxygen atoms in total. The SMILES string of the molecule is COc1ccc(P(c2ccc(OC)cc2)c2cccc3c2O[C@@H]2CCC[C@H](C3)Oc3c(cccc3P(c3ccc(OC)cc3)c3ccc(OC)cc3)C2)cc1. The van der Waals surface area contributed by atoms with E-state index >= 15 is 0 Å². The van der Waals surface area contributed by atoms with Gasteiger partial charge in [0.2, 0.25) is 0 Å². The lowest BCUT2D eigenvalue weighted by Gasteiger charge is -2.30. The Bertz CT molecular complexity index is 1950. The van der Waals surface area contributed by atoms with Gasteiger partial charge < -0.3 is 28.4 Å². The number of hydrogen-bond acceptors (Lipinski definition) is 6. The summed E-state index contributed by atoms with van der Waals surface area (Å²) in [5.74, 6) is 5.36. The van der Waals surface area contributed by atoms with Crippen LogP contribution in [0.25, 0.3) is 0 Å². The molecule has 0 amide bonds. The van der Waals surface area contributed by atoms with Crippen LogP contribution in [0.15, 0.2) is 133 Å². The van der Waals surface area contributed by atoms with Crippen LogP contribution in [0.5, 0.6) is 34.5 Å². The molecule has 8 heteroatoms. The van der Waals surface area contributed by atoms with Gasteiger partial charge in [-0.05, 0) is 116 Å². The van der Waals surface area contributed by atoms with Crippen molar-refractivity contribution in [3.05, 3.63) is 145 Å². The highest BCUT2D eigenvalue weighted by Crippen LogP contribution is 2.44. The van der Waals surface area contributed by atoms with Crippen LogP contribution in [-0.2, 0) is 12.8 Å². The third-order valence-electron chi connectivity index (χ3n) is 10.5. The van der Waals surface area contributed by atoms with Crippen molar-refractivity contribution in [1.29, 1.82) is 0 Å². The first-order valence-electron chi connectivity index (χ1n) is 18.8. The highest BCUT2D eigenvalue weighted by atomic mass is 31.1. The quantitative estimate of drug-likeness (QED) is 0.133. The zero-order chi connectivity index (χ0) is 37.7. The van der Waals surface area contributed by atoms with E-state index in [9.17, 15) is 0 Å². The van der Waals surface area contributed by atoms with Gasteiger partial charge >= 0.3 is 0 Å². The number of rotatable bonds is 10. The minimum Gasteiger partial charge on any atom is -0.497 e. The lowest BCUT2D eigenvalue weighted by molar-refractivity contribution is 0.189. The molecular weight excluding hydrogens is 722 g/mol. The van der Waals surface area contributed by atoms with E-state index in [1.54, 1.807) is 28.4 Å². The van der Waals surface area contributed by atoms with Gasteiger partial charge in [0.05, 0.1) is 28.4 Å². The fourth-order valence-electron chi connectivity index (χ4n) is 7.67. The summed E-state index contributed by atoms with van der Waals surface area (Å²) in [5, 5.41) is 7.35. The van der Waals surface area contributed by atoms with Crippen molar-refractivity contribution in [2.75, 3.05) is 28.4 Å². The average molecular weight is 769 g/mol. The zero-order valence-corrected chi connectivity index (χ0v) is 33.5. The van der Waals surface area contributed by atoms with Crippen molar-refractivity contribution < 1.29 is 28.4 Å². The Morgan fingerprint density at radius 1 is 0.418 bits per heavy atom. The molecule has 0 saturated heterocycles. The molecule has 2 heterocycles. The normalized spacial score (nSPS) is 16.3. The molecule has 0 radical (unpaired) electrons. The molecule has 6 aromatic carbocycles. The summed E-state index contributed by atoms with van der Waals surface area (Å²) in [6, 6.07) is 47.4. The minimum atomic E-state index is -0.967. The predicted molar refractivity (Wildman–Crippen MR) is 227 cm³/mol. The highest BCUT2D eigenvalue weighted by Gasteiger charge is 2.32. The fourth-order valence-corrected chi connectivity index (χ4v) is 12.4. The molecule has 2 atom stereocenters. The molecule has 2 aliphatic rings. The second kappa shape index (κ2) is 16.8. The number of ether oxygens (including phenoxy) is 6. The van der Waals surface area contributed by atoms with Crippen molar-refractivity contribution in [3.63, 3.8) is 0 Å². The van der Waals surface area contributed by atoms with Gasteiger partial charge in [0.25, 0.3) is 0 Å². The molecule has 280 valence electrons. The smallest absolute Gasteiger partial charge is 0.131 e. The molecule has 0 unspecified atom stereocenters. The van der Waals surface area contributed by atoms with Crippen LogP contribution >= 0.6 is 15.8 Å². The molecule has 0 saturated carbocycles. The first kappa shape index (κ1) is 36.9. The van der Waals surface area contributed by atoms with Crippen LogP contribution in [-0.4, -0.2) is 40.6 Å². The van der Waals surface area contributed by atoms with Crippen molar-refractivity contribution in [3.8, 4) is 34.5 Å². The number of fused-ring (bicyclic) bond motifs is 6. The van der Waals surface area contributed by atoms with Gasteiger partial charge in [-0.25, -0.2) is 0 Å². The number of hydrogen-bond donors (Lipinski definition) is 0. The number of benzene rings is 6. The highest BCUT2D eigenvalue weighted by molar-refractivity contribution is 7.80. The Morgan fingerprint density at radius 2 is 0.727 bits per heavy atom. The van der Waals surface area contributed by atoms with Crippen LogP contribution in [0.3, 0.4) is 0 Å². The largest absolute Gasteiger partial charge is 0.497 e. The fraction of sp³-hybridized carbons (Fsp3) is 0.234. The first-order valence-corrected chi connectivity index (χ1v) is 21.5. The molecular formula is C47H46O6P2. The lowest BCUT2D eigenvalue weighted by Crippen LogP contribution is -2.30. The predicted octanol–water partition coefficient (Wildman–Crippen LogP) is 7.71. The van der Waals surface area contributed by atoms with Crippen LogP contribution in [0.2, 0.25) is 0 Å². The van der Waals surface area contributed by atoms with Gasteiger partial charge in [0.15, 0.2) is 0 Å². The number of para-hydroxylation sites is 2. The molecule has 6 aromatic rings. The van der Waals surface area contributed by atoms with Gasteiger partial charge in [-0.1, -0.05) is 84.9 Å². The summed E-state index contributed by atoms with van der Waals surface area (Å²) < 4.78 is 36.9. The monoisotopic (exact) mass is 768 g/mol. The van der Waals surface area contributed by atoms with E-state index in [0.717, 1.165) is 66.6 Å². The molecule has 55 heavy (non-hydrogen) atoms. The van der Waals surface area contributed by atoms with Crippen molar-refractivity contribution in [1.82, 2.24) is 0 Å². The number of methoxy groups -OCH3 is 4. The van der Waals surface area contributed by atoms with Crippen LogP contribution < -0.4 is 60.2 Å². The Kier molecular flexibility index (Phi) is 11.3. The van der Waals surface area contributed by atoms with Gasteiger partial charge in [-0.15, -0.1) is 0 Å². The summed E-state index contributed by atoms with van der Waals surface area (Å²) in [6.07, 6.45) is 4.39. The molecule has 8 rings (SSSR count). The first-order chi connectivity index (χ1) is 27.0. The van der Waals surface area contributed by atoms with Gasteiger partial charge in [0.1, 0.15) is 46.7 Å². The van der Waals surface area contributed by atoms with E-state index in [1.165, 1.54) is 43.0 Å².